The average Bonchev–Trinajstić information content (AvgIpc) is 2.35. The molecule has 0 aromatic heterocycles. The van der Waals surface area contributed by atoms with Crippen LogP contribution < -0.4 is 10.2 Å². The predicted octanol–water partition coefficient (Wildman–Crippen LogP) is 3.91. The summed E-state index contributed by atoms with van der Waals surface area (Å²) in [5.41, 5.74) is -0.142. The Bertz CT molecular complexity index is 634. The Kier molecular flexibility index (Phi) is 4.20. The van der Waals surface area contributed by atoms with Crippen molar-refractivity contribution in [1.29, 1.82) is 0 Å². The lowest BCUT2D eigenvalue weighted by Gasteiger charge is -2.17. The summed E-state index contributed by atoms with van der Waals surface area (Å²) in [6.07, 6.45) is 0. The van der Waals surface area contributed by atoms with E-state index in [1.807, 2.05) is 0 Å². The molecule has 2 aromatic rings. The fourth-order valence-electron chi connectivity index (χ4n) is 1.89. The number of hydrogen-bond acceptors (Lipinski definition) is 1. The fourth-order valence-corrected chi connectivity index (χ4v) is 1.89. The van der Waals surface area contributed by atoms with Crippen molar-refractivity contribution in [2.45, 2.75) is 13.5 Å². The molecule has 0 saturated carbocycles. The summed E-state index contributed by atoms with van der Waals surface area (Å²) in [5, 5.41) is 0. The molecule has 21 heavy (non-hydrogen) atoms. The monoisotopic (exact) mass is 301 g/mol. The largest absolute Gasteiger partial charge is 0.509 e. The van der Waals surface area contributed by atoms with Gasteiger partial charge in [0.15, 0.2) is 0 Å². The topological polar surface area (TPSA) is 9.23 Å². The van der Waals surface area contributed by atoms with Gasteiger partial charge in [-0.2, -0.15) is 0 Å². The zero-order valence-electron chi connectivity index (χ0n) is 11.0. The first-order valence-corrected chi connectivity index (χ1v) is 6.14. The number of halogens is 5. The minimum absolute atomic E-state index is 0.133. The van der Waals surface area contributed by atoms with Gasteiger partial charge < -0.3 is 17.7 Å². The first-order valence-electron chi connectivity index (χ1n) is 6.14. The molecule has 0 unspecified atom stereocenters. The molecule has 0 spiro atoms. The zero-order chi connectivity index (χ0) is 15.6. The summed E-state index contributed by atoms with van der Waals surface area (Å²) in [4.78, 5) is 0. The van der Waals surface area contributed by atoms with Crippen molar-refractivity contribution >= 4 is 12.4 Å². The van der Waals surface area contributed by atoms with Crippen LogP contribution in [0.4, 0.5) is 21.7 Å². The van der Waals surface area contributed by atoms with Crippen molar-refractivity contribution in [2.75, 3.05) is 0 Å². The van der Waals surface area contributed by atoms with Crippen molar-refractivity contribution in [3.8, 4) is 5.75 Å². The maximum atomic E-state index is 13.0. The second-order valence-corrected chi connectivity index (χ2v) is 4.67. The molecule has 0 aliphatic carbocycles. The Labute approximate surface area is 118 Å². The maximum absolute atomic E-state index is 13.0. The van der Waals surface area contributed by atoms with Gasteiger partial charge in [0.2, 0.25) is 0 Å². The fraction of sp³-hybridized carbons (Fsp3) is 0.143. The Hall–Kier alpha value is -2.05. The molecule has 0 amide bonds. The van der Waals surface area contributed by atoms with Gasteiger partial charge in [0.25, 0.3) is 0 Å². The second kappa shape index (κ2) is 5.75. The van der Waals surface area contributed by atoms with Gasteiger partial charge in [-0.15, -0.1) is 5.46 Å². The van der Waals surface area contributed by atoms with Crippen molar-refractivity contribution in [1.82, 2.24) is 0 Å². The van der Waals surface area contributed by atoms with E-state index in [1.54, 1.807) is 0 Å². The lowest BCUT2D eigenvalue weighted by atomic mass is 9.79. The van der Waals surface area contributed by atoms with Crippen LogP contribution in [-0.2, 0) is 6.61 Å². The van der Waals surface area contributed by atoms with E-state index in [9.17, 15) is 21.7 Å². The first kappa shape index (κ1) is 15.3. The van der Waals surface area contributed by atoms with Crippen LogP contribution in [0.5, 0.6) is 5.75 Å². The zero-order valence-corrected chi connectivity index (χ0v) is 11.0. The molecule has 0 radical (unpaired) electrons. The Morgan fingerprint density at radius 2 is 1.57 bits per heavy atom. The van der Waals surface area contributed by atoms with Gasteiger partial charge >= 0.3 is 6.98 Å². The SMILES string of the molecule is Cc1cc([B-](F)(F)F)ccc1OCc1cc(F)cc(F)c1. The highest BCUT2D eigenvalue weighted by Gasteiger charge is 2.25. The molecule has 0 N–H and O–H groups in total. The van der Waals surface area contributed by atoms with E-state index in [0.717, 1.165) is 30.3 Å². The van der Waals surface area contributed by atoms with E-state index >= 15 is 0 Å². The smallest absolute Gasteiger partial charge is 0.489 e. The number of ether oxygens (including phenoxy) is 1. The van der Waals surface area contributed by atoms with Gasteiger partial charge in [-0.3, -0.25) is 0 Å². The number of rotatable bonds is 4. The summed E-state index contributed by atoms with van der Waals surface area (Å²) < 4.78 is 69.0. The number of hydrogen-bond donors (Lipinski definition) is 0. The van der Waals surface area contributed by atoms with E-state index in [-0.39, 0.29) is 17.9 Å². The number of benzene rings is 2. The van der Waals surface area contributed by atoms with Crippen LogP contribution in [0, 0.1) is 18.6 Å². The molecule has 0 aliphatic rings. The molecule has 1 nitrogen and oxygen atoms in total. The van der Waals surface area contributed by atoms with Crippen LogP contribution in [-0.4, -0.2) is 6.98 Å². The Balaban J connectivity index is 2.13. The minimum atomic E-state index is -5.06. The van der Waals surface area contributed by atoms with E-state index in [1.165, 1.54) is 13.0 Å². The maximum Gasteiger partial charge on any atom is 0.509 e. The third kappa shape index (κ3) is 3.96. The van der Waals surface area contributed by atoms with Crippen LogP contribution in [0.2, 0.25) is 0 Å². The van der Waals surface area contributed by atoms with Crippen molar-refractivity contribution in [3.05, 3.63) is 59.2 Å². The van der Waals surface area contributed by atoms with Gasteiger partial charge in [0, 0.05) is 6.07 Å². The highest BCUT2D eigenvalue weighted by atomic mass is 19.4. The lowest BCUT2D eigenvalue weighted by Crippen LogP contribution is -2.34. The van der Waals surface area contributed by atoms with E-state index < -0.39 is 24.1 Å². The summed E-state index contributed by atoms with van der Waals surface area (Å²) in [7, 11) is 0. The summed E-state index contributed by atoms with van der Waals surface area (Å²) in [5.74, 6) is -1.23. The molecule has 0 saturated heterocycles. The molecule has 7 heteroatoms. The van der Waals surface area contributed by atoms with Crippen molar-refractivity contribution in [2.24, 2.45) is 0 Å². The summed E-state index contributed by atoms with van der Waals surface area (Å²) in [6, 6.07) is 6.05. The van der Waals surface area contributed by atoms with Crippen LogP contribution in [0.3, 0.4) is 0 Å². The van der Waals surface area contributed by atoms with E-state index in [4.69, 9.17) is 4.74 Å². The highest BCUT2D eigenvalue weighted by molar-refractivity contribution is 6.73. The molecule has 2 aromatic carbocycles. The summed E-state index contributed by atoms with van der Waals surface area (Å²) in [6.45, 7) is -3.72. The van der Waals surface area contributed by atoms with Crippen LogP contribution in [0.1, 0.15) is 11.1 Å². The third-order valence-electron chi connectivity index (χ3n) is 2.89. The van der Waals surface area contributed by atoms with Crippen LogP contribution in [0.15, 0.2) is 36.4 Å². The van der Waals surface area contributed by atoms with Gasteiger partial charge in [0.1, 0.15) is 24.0 Å². The average molecular weight is 301 g/mol. The first-order chi connectivity index (χ1) is 9.75. The normalized spacial score (nSPS) is 11.5. The molecular formula is C14H11BF5O-. The van der Waals surface area contributed by atoms with Gasteiger partial charge in [-0.1, -0.05) is 12.1 Å². The summed E-state index contributed by atoms with van der Waals surface area (Å²) >= 11 is 0. The highest BCUT2D eigenvalue weighted by Crippen LogP contribution is 2.20. The second-order valence-electron chi connectivity index (χ2n) is 4.67. The van der Waals surface area contributed by atoms with Crippen LogP contribution >= 0.6 is 0 Å². The van der Waals surface area contributed by atoms with Gasteiger partial charge in [0.05, 0.1) is 0 Å². The Morgan fingerprint density at radius 3 is 2.10 bits per heavy atom. The lowest BCUT2D eigenvalue weighted by molar-refractivity contribution is 0.302. The molecule has 112 valence electrons. The molecule has 0 bridgehead atoms. The van der Waals surface area contributed by atoms with Gasteiger partial charge in [-0.25, -0.2) is 8.78 Å². The molecular weight excluding hydrogens is 290 g/mol. The van der Waals surface area contributed by atoms with Crippen molar-refractivity contribution in [3.63, 3.8) is 0 Å². The molecule has 0 aliphatic heterocycles. The third-order valence-corrected chi connectivity index (χ3v) is 2.89. The molecule has 0 fully saturated rings. The Morgan fingerprint density at radius 1 is 0.952 bits per heavy atom. The van der Waals surface area contributed by atoms with E-state index in [0.29, 0.717) is 5.56 Å². The molecule has 0 atom stereocenters. The minimum Gasteiger partial charge on any atom is -0.489 e. The number of aryl methyl sites for hydroxylation is 1. The standard InChI is InChI=1S/C14H11BF5O/c1-9-4-11(15(18,19)20)2-3-14(9)21-8-10-5-12(16)7-13(17)6-10/h2-7H,8H2,1H3/q-1. The predicted molar refractivity (Wildman–Crippen MR) is 70.6 cm³/mol. The van der Waals surface area contributed by atoms with Crippen molar-refractivity contribution < 1.29 is 26.5 Å². The van der Waals surface area contributed by atoms with E-state index in [2.05, 4.69) is 0 Å². The van der Waals surface area contributed by atoms with Gasteiger partial charge in [-0.05, 0) is 36.2 Å². The van der Waals surface area contributed by atoms with Crippen LogP contribution in [0.25, 0.3) is 0 Å². The quantitative estimate of drug-likeness (QED) is 0.614. The molecule has 2 rings (SSSR count). The molecule has 0 heterocycles.